The van der Waals surface area contributed by atoms with Crippen molar-refractivity contribution in [3.63, 3.8) is 0 Å². The molecular formula is C9H16N2O2. The largest absolute Gasteiger partial charge is 0.327 e. The van der Waals surface area contributed by atoms with E-state index in [0.29, 0.717) is 0 Å². The molecule has 4 heteroatoms. The Hall–Kier alpha value is -1.06. The molecule has 0 aromatic heterocycles. The van der Waals surface area contributed by atoms with Crippen molar-refractivity contribution < 1.29 is 9.59 Å². The molecule has 0 saturated carbocycles. The lowest BCUT2D eigenvalue weighted by Crippen LogP contribution is -2.47. The quantitative estimate of drug-likeness (QED) is 0.528. The molecular weight excluding hydrogens is 168 g/mol. The molecule has 0 bridgehead atoms. The molecule has 4 nitrogen and oxygen atoms in total. The summed E-state index contributed by atoms with van der Waals surface area (Å²) in [7, 11) is 1.52. The average Bonchev–Trinajstić information content (AvgIpc) is 2.14. The van der Waals surface area contributed by atoms with Crippen LogP contribution in [0.25, 0.3) is 0 Å². The third-order valence-electron chi connectivity index (χ3n) is 2.29. The van der Waals surface area contributed by atoms with Gasteiger partial charge in [-0.25, -0.2) is 4.79 Å². The second-order valence-electron chi connectivity index (χ2n) is 4.40. The first kappa shape index (κ1) is 10.0. The molecule has 0 aliphatic carbocycles. The monoisotopic (exact) mass is 184 g/mol. The van der Waals surface area contributed by atoms with Crippen LogP contribution in [0.1, 0.15) is 27.7 Å². The molecule has 1 aliphatic heterocycles. The molecule has 0 aromatic rings. The van der Waals surface area contributed by atoms with Crippen molar-refractivity contribution in [3.8, 4) is 0 Å². The average molecular weight is 184 g/mol. The SMILES string of the molecule is CC1C(=O)N(C)C(=O)N1C(C)(C)C. The zero-order valence-corrected chi connectivity index (χ0v) is 8.79. The summed E-state index contributed by atoms with van der Waals surface area (Å²) in [6.45, 7) is 7.53. The lowest BCUT2D eigenvalue weighted by molar-refractivity contribution is -0.127. The van der Waals surface area contributed by atoms with Crippen molar-refractivity contribution in [2.24, 2.45) is 0 Å². The Morgan fingerprint density at radius 3 is 1.85 bits per heavy atom. The first-order valence-electron chi connectivity index (χ1n) is 4.37. The standard InChI is InChI=1S/C9H16N2O2/c1-6-7(12)10(5)8(13)11(6)9(2,3)4/h6H,1-5H3. The maximum atomic E-state index is 11.6. The first-order chi connectivity index (χ1) is 5.76. The van der Waals surface area contributed by atoms with Gasteiger partial charge in [0.15, 0.2) is 0 Å². The van der Waals surface area contributed by atoms with Crippen molar-refractivity contribution >= 4 is 11.9 Å². The van der Waals surface area contributed by atoms with E-state index in [2.05, 4.69) is 0 Å². The number of carbonyl (C=O) groups is 2. The molecule has 0 aromatic carbocycles. The number of hydrogen-bond donors (Lipinski definition) is 0. The molecule has 1 heterocycles. The Bertz CT molecular complexity index is 255. The van der Waals surface area contributed by atoms with Gasteiger partial charge in [-0.05, 0) is 27.7 Å². The molecule has 1 aliphatic rings. The van der Waals surface area contributed by atoms with E-state index in [1.807, 2.05) is 20.8 Å². The van der Waals surface area contributed by atoms with Crippen LogP contribution >= 0.6 is 0 Å². The van der Waals surface area contributed by atoms with Gasteiger partial charge < -0.3 is 4.90 Å². The Morgan fingerprint density at radius 2 is 1.69 bits per heavy atom. The number of urea groups is 1. The highest BCUT2D eigenvalue weighted by Gasteiger charge is 2.45. The summed E-state index contributed by atoms with van der Waals surface area (Å²) < 4.78 is 0. The smallest absolute Gasteiger partial charge is 0.308 e. The highest BCUT2D eigenvalue weighted by molar-refractivity contribution is 6.03. The molecule has 1 rings (SSSR count). The maximum absolute atomic E-state index is 11.6. The highest BCUT2D eigenvalue weighted by atomic mass is 16.2. The second kappa shape index (κ2) is 2.72. The van der Waals surface area contributed by atoms with Crippen molar-refractivity contribution in [1.82, 2.24) is 9.80 Å². The van der Waals surface area contributed by atoms with E-state index in [0.717, 1.165) is 0 Å². The molecule has 13 heavy (non-hydrogen) atoms. The van der Waals surface area contributed by atoms with Crippen LogP contribution in [0, 0.1) is 0 Å². The number of hydrogen-bond acceptors (Lipinski definition) is 2. The Kier molecular flexibility index (Phi) is 2.10. The third-order valence-corrected chi connectivity index (χ3v) is 2.29. The molecule has 1 saturated heterocycles. The van der Waals surface area contributed by atoms with Gasteiger partial charge in [-0.2, -0.15) is 0 Å². The van der Waals surface area contributed by atoms with E-state index in [4.69, 9.17) is 0 Å². The Morgan fingerprint density at radius 1 is 1.23 bits per heavy atom. The summed E-state index contributed by atoms with van der Waals surface area (Å²) in [6.07, 6.45) is 0. The van der Waals surface area contributed by atoms with Gasteiger partial charge >= 0.3 is 6.03 Å². The van der Waals surface area contributed by atoms with Gasteiger partial charge in [0.1, 0.15) is 6.04 Å². The predicted octanol–water partition coefficient (Wildman–Crippen LogP) is 1.07. The van der Waals surface area contributed by atoms with Crippen LogP contribution in [0.5, 0.6) is 0 Å². The number of amides is 3. The van der Waals surface area contributed by atoms with Crippen molar-refractivity contribution in [3.05, 3.63) is 0 Å². The predicted molar refractivity (Wildman–Crippen MR) is 49.2 cm³/mol. The fourth-order valence-electron chi connectivity index (χ4n) is 1.68. The molecule has 1 fully saturated rings. The fourth-order valence-corrected chi connectivity index (χ4v) is 1.68. The normalized spacial score (nSPS) is 24.5. The lowest BCUT2D eigenvalue weighted by Gasteiger charge is -2.33. The number of imide groups is 1. The van der Waals surface area contributed by atoms with Crippen LogP contribution < -0.4 is 0 Å². The zero-order chi connectivity index (χ0) is 10.4. The number of rotatable bonds is 0. The van der Waals surface area contributed by atoms with E-state index >= 15 is 0 Å². The van der Waals surface area contributed by atoms with Crippen LogP contribution in [0.3, 0.4) is 0 Å². The molecule has 0 N–H and O–H groups in total. The van der Waals surface area contributed by atoms with Gasteiger partial charge in [0.05, 0.1) is 0 Å². The molecule has 3 amide bonds. The van der Waals surface area contributed by atoms with E-state index in [9.17, 15) is 9.59 Å². The summed E-state index contributed by atoms with van der Waals surface area (Å²) >= 11 is 0. The lowest BCUT2D eigenvalue weighted by atomic mass is 10.1. The van der Waals surface area contributed by atoms with Crippen LogP contribution in [0.2, 0.25) is 0 Å². The number of carbonyl (C=O) groups excluding carboxylic acids is 2. The molecule has 74 valence electrons. The van der Waals surface area contributed by atoms with Crippen molar-refractivity contribution in [2.75, 3.05) is 7.05 Å². The minimum atomic E-state index is -0.336. The number of likely N-dealkylation sites (N-methyl/N-ethyl adjacent to an activating group) is 1. The highest BCUT2D eigenvalue weighted by Crippen LogP contribution is 2.25. The van der Waals surface area contributed by atoms with Gasteiger partial charge in [0.25, 0.3) is 5.91 Å². The molecule has 0 radical (unpaired) electrons. The minimum Gasteiger partial charge on any atom is -0.308 e. The molecule has 1 atom stereocenters. The Balaban J connectivity index is 3.01. The first-order valence-corrected chi connectivity index (χ1v) is 4.37. The minimum absolute atomic E-state index is 0.125. The van der Waals surface area contributed by atoms with Crippen molar-refractivity contribution in [2.45, 2.75) is 39.3 Å². The molecule has 1 unspecified atom stereocenters. The maximum Gasteiger partial charge on any atom is 0.327 e. The van der Waals surface area contributed by atoms with E-state index in [-0.39, 0.29) is 23.5 Å². The summed E-state index contributed by atoms with van der Waals surface area (Å²) in [5.41, 5.74) is -0.295. The van der Waals surface area contributed by atoms with E-state index in [1.165, 1.54) is 11.9 Å². The van der Waals surface area contributed by atoms with E-state index in [1.54, 1.807) is 11.8 Å². The summed E-state index contributed by atoms with van der Waals surface area (Å²) in [6, 6.07) is -0.539. The summed E-state index contributed by atoms with van der Waals surface area (Å²) in [4.78, 5) is 25.8. The topological polar surface area (TPSA) is 40.6 Å². The van der Waals surface area contributed by atoms with Crippen LogP contribution in [0.15, 0.2) is 0 Å². The van der Waals surface area contributed by atoms with E-state index < -0.39 is 0 Å². The van der Waals surface area contributed by atoms with Gasteiger partial charge in [-0.15, -0.1) is 0 Å². The third kappa shape index (κ3) is 1.41. The zero-order valence-electron chi connectivity index (χ0n) is 8.79. The van der Waals surface area contributed by atoms with Crippen LogP contribution in [-0.4, -0.2) is 40.4 Å². The molecule has 0 spiro atoms. The van der Waals surface area contributed by atoms with Gasteiger partial charge in [0.2, 0.25) is 0 Å². The van der Waals surface area contributed by atoms with Crippen LogP contribution in [-0.2, 0) is 4.79 Å². The Labute approximate surface area is 78.5 Å². The van der Waals surface area contributed by atoms with Crippen molar-refractivity contribution in [1.29, 1.82) is 0 Å². The second-order valence-corrected chi connectivity index (χ2v) is 4.40. The van der Waals surface area contributed by atoms with Gasteiger partial charge in [0, 0.05) is 12.6 Å². The summed E-state index contributed by atoms with van der Waals surface area (Å²) in [5, 5.41) is 0. The van der Waals surface area contributed by atoms with Crippen LogP contribution in [0.4, 0.5) is 4.79 Å². The number of nitrogens with zero attached hydrogens (tertiary/aromatic N) is 2. The van der Waals surface area contributed by atoms with Gasteiger partial charge in [-0.1, -0.05) is 0 Å². The summed E-state index contributed by atoms with van der Waals surface area (Å²) in [5.74, 6) is -0.125. The fraction of sp³-hybridized carbons (Fsp3) is 0.778. The van der Waals surface area contributed by atoms with Gasteiger partial charge in [-0.3, -0.25) is 9.69 Å².